The third-order valence-electron chi connectivity index (χ3n) is 6.91. The van der Waals surface area contributed by atoms with Crippen LogP contribution in [0.2, 0.25) is 0 Å². The first-order valence-electron chi connectivity index (χ1n) is 8.80. The molecule has 2 aliphatic heterocycles. The molecule has 5 nitrogen and oxygen atoms in total. The number of aromatic hydroxyl groups is 1. The summed E-state index contributed by atoms with van der Waals surface area (Å²) < 4.78 is 6.08. The quantitative estimate of drug-likeness (QED) is 0.535. The number of aliphatic hydroxyl groups is 2. The van der Waals surface area contributed by atoms with Crippen LogP contribution in [0.1, 0.15) is 30.4 Å². The van der Waals surface area contributed by atoms with Crippen molar-refractivity contribution in [1.29, 1.82) is 0 Å². The van der Waals surface area contributed by atoms with E-state index in [-0.39, 0.29) is 24.2 Å². The van der Waals surface area contributed by atoms with E-state index in [4.69, 9.17) is 4.74 Å². The second-order valence-electron chi connectivity index (χ2n) is 7.74. The number of phenolic OH excluding ortho intramolecular Hbond substituents is 1. The van der Waals surface area contributed by atoms with Crippen molar-refractivity contribution < 1.29 is 32.5 Å². The van der Waals surface area contributed by atoms with Crippen LogP contribution in [0.25, 0.3) is 0 Å². The van der Waals surface area contributed by atoms with Crippen molar-refractivity contribution in [2.24, 2.45) is 0 Å². The number of halogens is 1. The van der Waals surface area contributed by atoms with Crippen molar-refractivity contribution >= 4 is 0 Å². The Morgan fingerprint density at radius 3 is 2.92 bits per heavy atom. The zero-order valence-electron chi connectivity index (χ0n) is 14.0. The molecule has 0 radical (unpaired) electrons. The molecular formula is C19H23ClNO4-. The van der Waals surface area contributed by atoms with Crippen LogP contribution < -0.4 is 17.1 Å². The lowest BCUT2D eigenvalue weighted by molar-refractivity contribution is -0.206. The van der Waals surface area contributed by atoms with Gasteiger partial charge in [0.25, 0.3) is 0 Å². The molecule has 5 rings (SSSR count). The van der Waals surface area contributed by atoms with Gasteiger partial charge in [-0.25, -0.2) is 0 Å². The van der Waals surface area contributed by atoms with Crippen LogP contribution >= 0.6 is 0 Å². The number of hydrogen-bond donors (Lipinski definition) is 3. The molecular weight excluding hydrogens is 342 g/mol. The Hall–Kier alpha value is -1.27. The summed E-state index contributed by atoms with van der Waals surface area (Å²) in [5, 5.41) is 32.8. The van der Waals surface area contributed by atoms with Crippen LogP contribution in [0, 0.1) is 0 Å². The van der Waals surface area contributed by atoms with Crippen molar-refractivity contribution in [1.82, 2.24) is 4.90 Å². The summed E-state index contributed by atoms with van der Waals surface area (Å²) in [7, 11) is 0. The molecule has 1 saturated heterocycles. The predicted molar refractivity (Wildman–Crippen MR) is 88.3 cm³/mol. The van der Waals surface area contributed by atoms with Crippen LogP contribution in [-0.4, -0.2) is 57.2 Å². The van der Waals surface area contributed by atoms with Crippen molar-refractivity contribution in [2.45, 2.75) is 54.9 Å². The normalized spacial score (nSPS) is 40.6. The summed E-state index contributed by atoms with van der Waals surface area (Å²) in [6.45, 7) is 5.44. The number of aliphatic hydroxyl groups excluding tert-OH is 1. The Labute approximate surface area is 153 Å². The second-order valence-corrected chi connectivity index (χ2v) is 7.74. The predicted octanol–water partition coefficient (Wildman–Crippen LogP) is -1.90. The molecule has 4 aliphatic rings. The molecule has 1 saturated carbocycles. The van der Waals surface area contributed by atoms with Crippen LogP contribution in [0.3, 0.4) is 0 Å². The van der Waals surface area contributed by atoms with E-state index in [1.54, 1.807) is 6.07 Å². The third-order valence-corrected chi connectivity index (χ3v) is 6.91. The number of phenols is 1. The van der Waals surface area contributed by atoms with Gasteiger partial charge < -0.3 is 32.5 Å². The summed E-state index contributed by atoms with van der Waals surface area (Å²) in [6.07, 6.45) is 3.33. The van der Waals surface area contributed by atoms with Gasteiger partial charge in [-0.1, -0.05) is 12.1 Å². The van der Waals surface area contributed by atoms with Gasteiger partial charge in [-0.15, -0.1) is 6.58 Å². The van der Waals surface area contributed by atoms with Crippen LogP contribution in [0.5, 0.6) is 11.5 Å². The maximum Gasteiger partial charge on any atom is 0.165 e. The molecule has 1 aromatic rings. The number of piperidine rings is 1. The maximum absolute atomic E-state index is 11.9. The minimum absolute atomic E-state index is 0. The lowest BCUT2D eigenvalue weighted by Crippen LogP contribution is -3.00. The van der Waals surface area contributed by atoms with Crippen molar-refractivity contribution in [3.8, 4) is 11.5 Å². The monoisotopic (exact) mass is 364 g/mol. The highest BCUT2D eigenvalue weighted by Crippen LogP contribution is 2.65. The standard InChI is InChI=1S/C19H23NO4.ClH/c1-2-8-20-9-7-18-15-11-3-4-12(21)16(15)24-17(18)13(22)5-6-19(18,23)14(20)10-11;/h2-4,13-14,17,21-23H,1,5-10H2;1H/p-1/t13-,14-,17?,18+,19-;/m1./s1. The van der Waals surface area contributed by atoms with E-state index in [1.165, 1.54) is 0 Å². The molecule has 2 bridgehead atoms. The van der Waals surface area contributed by atoms with Gasteiger partial charge >= 0.3 is 0 Å². The first-order valence-corrected chi connectivity index (χ1v) is 8.80. The maximum atomic E-state index is 11.9. The molecule has 2 heterocycles. The Morgan fingerprint density at radius 1 is 1.36 bits per heavy atom. The van der Waals surface area contributed by atoms with E-state index >= 15 is 0 Å². The number of rotatable bonds is 2. The summed E-state index contributed by atoms with van der Waals surface area (Å²) in [4.78, 5) is 2.31. The average molecular weight is 365 g/mol. The largest absolute Gasteiger partial charge is 1.00 e. The Bertz CT molecular complexity index is 740. The zero-order chi connectivity index (χ0) is 16.7. The SMILES string of the molecule is C=CCN1CC[C@]23c4c5ccc(O)c4OC2[C@H](O)CC[C@@]3(O)[C@H]1C5.[Cl-]. The number of hydrogen-bond acceptors (Lipinski definition) is 5. The molecule has 136 valence electrons. The van der Waals surface area contributed by atoms with Crippen molar-refractivity contribution in [2.75, 3.05) is 13.1 Å². The minimum Gasteiger partial charge on any atom is -1.00 e. The Balaban J connectivity index is 0.00000157. The molecule has 5 atom stereocenters. The van der Waals surface area contributed by atoms with Crippen LogP contribution in [0.15, 0.2) is 24.8 Å². The Morgan fingerprint density at radius 2 is 2.16 bits per heavy atom. The van der Waals surface area contributed by atoms with Gasteiger partial charge in [0, 0.05) is 18.2 Å². The average Bonchev–Trinajstić information content (AvgIpc) is 2.91. The van der Waals surface area contributed by atoms with E-state index in [0.717, 1.165) is 37.1 Å². The molecule has 1 spiro atoms. The van der Waals surface area contributed by atoms with E-state index in [0.29, 0.717) is 18.6 Å². The molecule has 1 aromatic carbocycles. The van der Waals surface area contributed by atoms with Gasteiger partial charge in [0.1, 0.15) is 6.10 Å². The number of likely N-dealkylation sites (tertiary alicyclic amines) is 1. The van der Waals surface area contributed by atoms with E-state index in [9.17, 15) is 15.3 Å². The van der Waals surface area contributed by atoms with Gasteiger partial charge in [-0.05, 0) is 43.9 Å². The highest BCUT2D eigenvalue weighted by Gasteiger charge is 2.72. The summed E-state index contributed by atoms with van der Waals surface area (Å²) in [5.41, 5.74) is 0.518. The van der Waals surface area contributed by atoms with E-state index in [1.807, 2.05) is 12.1 Å². The first-order chi connectivity index (χ1) is 11.5. The molecule has 3 N–H and O–H groups in total. The fraction of sp³-hybridized carbons (Fsp3) is 0.579. The molecule has 1 unspecified atom stereocenters. The molecule has 0 amide bonds. The van der Waals surface area contributed by atoms with Gasteiger partial charge in [-0.3, -0.25) is 4.90 Å². The lowest BCUT2D eigenvalue weighted by atomic mass is 9.48. The number of benzene rings is 1. The van der Waals surface area contributed by atoms with E-state index < -0.39 is 23.2 Å². The van der Waals surface area contributed by atoms with Gasteiger partial charge in [-0.2, -0.15) is 0 Å². The van der Waals surface area contributed by atoms with Crippen molar-refractivity contribution in [3.05, 3.63) is 35.9 Å². The highest BCUT2D eigenvalue weighted by molar-refractivity contribution is 5.62. The fourth-order valence-electron chi connectivity index (χ4n) is 5.99. The van der Waals surface area contributed by atoms with Crippen LogP contribution in [-0.2, 0) is 11.8 Å². The van der Waals surface area contributed by atoms with Gasteiger partial charge in [0.05, 0.1) is 17.1 Å². The third kappa shape index (κ3) is 1.80. The lowest BCUT2D eigenvalue weighted by Gasteiger charge is -2.63. The van der Waals surface area contributed by atoms with Crippen molar-refractivity contribution in [3.63, 3.8) is 0 Å². The first kappa shape index (κ1) is 17.2. The molecule has 6 heteroatoms. The number of nitrogens with zero attached hydrogens (tertiary/aromatic N) is 1. The topological polar surface area (TPSA) is 73.2 Å². The summed E-state index contributed by atoms with van der Waals surface area (Å²) in [6, 6.07) is 3.62. The summed E-state index contributed by atoms with van der Waals surface area (Å²) >= 11 is 0. The zero-order valence-corrected chi connectivity index (χ0v) is 14.7. The minimum atomic E-state index is -0.940. The molecule has 25 heavy (non-hydrogen) atoms. The second kappa shape index (κ2) is 5.36. The molecule has 2 aliphatic carbocycles. The molecule has 0 aromatic heterocycles. The fourth-order valence-corrected chi connectivity index (χ4v) is 5.99. The highest BCUT2D eigenvalue weighted by atomic mass is 35.5. The Kier molecular flexibility index (Phi) is 3.68. The van der Waals surface area contributed by atoms with E-state index in [2.05, 4.69) is 11.5 Å². The number of ether oxygens (including phenoxy) is 1. The molecule has 2 fully saturated rings. The van der Waals surface area contributed by atoms with Crippen LogP contribution in [0.4, 0.5) is 0 Å². The summed E-state index contributed by atoms with van der Waals surface area (Å²) in [5.74, 6) is 0.589. The van der Waals surface area contributed by atoms with Gasteiger partial charge in [0.2, 0.25) is 0 Å². The smallest absolute Gasteiger partial charge is 0.165 e. The van der Waals surface area contributed by atoms with Gasteiger partial charge in [0.15, 0.2) is 11.5 Å².